The summed E-state index contributed by atoms with van der Waals surface area (Å²) in [6, 6.07) is 7.01. The molecule has 0 bridgehead atoms. The predicted molar refractivity (Wildman–Crippen MR) is 139 cm³/mol. The molecule has 0 amide bonds. The minimum atomic E-state index is -1.22. The Morgan fingerprint density at radius 3 is 2.56 bits per heavy atom. The van der Waals surface area contributed by atoms with Crippen molar-refractivity contribution in [2.75, 3.05) is 7.11 Å². The van der Waals surface area contributed by atoms with Gasteiger partial charge in [0.05, 0.1) is 27.1 Å². The summed E-state index contributed by atoms with van der Waals surface area (Å²) < 4.78 is 6.17. The van der Waals surface area contributed by atoms with Crippen LogP contribution in [-0.4, -0.2) is 33.9 Å². The number of thiazole rings is 1. The van der Waals surface area contributed by atoms with Gasteiger partial charge in [0.15, 0.2) is 5.71 Å². The Labute approximate surface area is 214 Å². The summed E-state index contributed by atoms with van der Waals surface area (Å²) >= 11 is 15.4. The maximum atomic E-state index is 12.3. The fraction of sp³-hybridized carbons (Fsp3) is 0.217. The van der Waals surface area contributed by atoms with Crippen LogP contribution in [0.3, 0.4) is 0 Å². The number of aryl methyl sites for hydroxylation is 1. The van der Waals surface area contributed by atoms with E-state index in [4.69, 9.17) is 33.7 Å². The van der Waals surface area contributed by atoms with Crippen molar-refractivity contribution in [3.8, 4) is 17.1 Å². The number of aliphatic imine (C=N–C) groups is 1. The van der Waals surface area contributed by atoms with Crippen molar-refractivity contribution in [3.05, 3.63) is 56.8 Å². The van der Waals surface area contributed by atoms with Gasteiger partial charge >= 0.3 is 5.97 Å². The Kier molecular flexibility index (Phi) is 6.91. The molecule has 11 heteroatoms. The number of thioether (sulfide) groups is 1. The molecule has 1 aliphatic heterocycles. The number of fused-ring (bicyclic) bond motifs is 3. The maximum absolute atomic E-state index is 12.3. The minimum Gasteiger partial charge on any atom is -0.481 e. The van der Waals surface area contributed by atoms with Crippen molar-refractivity contribution in [3.63, 3.8) is 0 Å². The molecule has 0 saturated carbocycles. The van der Waals surface area contributed by atoms with E-state index in [1.165, 1.54) is 18.4 Å². The van der Waals surface area contributed by atoms with Crippen molar-refractivity contribution < 1.29 is 14.6 Å². The Hall–Kier alpha value is -2.59. The molecule has 1 unspecified atom stereocenters. The van der Waals surface area contributed by atoms with E-state index in [9.17, 15) is 9.90 Å². The first-order valence-corrected chi connectivity index (χ1v) is 12.5. The lowest BCUT2D eigenvalue weighted by atomic mass is 9.99. The molecule has 3 aromatic rings. The lowest BCUT2D eigenvalue weighted by Crippen LogP contribution is -2.18. The van der Waals surface area contributed by atoms with Gasteiger partial charge in [-0.25, -0.2) is 19.8 Å². The van der Waals surface area contributed by atoms with Gasteiger partial charge in [-0.05, 0) is 50.1 Å². The predicted octanol–water partition coefficient (Wildman–Crippen LogP) is 6.54. The second kappa shape index (κ2) is 9.58. The maximum Gasteiger partial charge on any atom is 0.355 e. The number of nitrogens with two attached hydrogens (primary N) is 1. The average Bonchev–Trinajstić information content (AvgIpc) is 3.16. The molecular weight excluding hydrogens is 515 g/mol. The molecule has 0 radical (unpaired) electrons. The molecule has 2 aromatic heterocycles. The average molecular weight is 535 g/mol. The van der Waals surface area contributed by atoms with E-state index in [2.05, 4.69) is 21.9 Å². The number of benzene rings is 1. The minimum absolute atomic E-state index is 0.127. The van der Waals surface area contributed by atoms with Crippen molar-refractivity contribution in [2.24, 2.45) is 10.7 Å². The number of pyridine rings is 1. The number of hydrogen-bond donors (Lipinski definition) is 2. The van der Waals surface area contributed by atoms with Gasteiger partial charge in [0, 0.05) is 33.8 Å². The first kappa shape index (κ1) is 24.5. The van der Waals surface area contributed by atoms with Crippen LogP contribution in [0.2, 0.25) is 10.0 Å². The van der Waals surface area contributed by atoms with Gasteiger partial charge in [0.2, 0.25) is 11.0 Å². The molecule has 0 spiro atoms. The number of aromatic nitrogens is 2. The summed E-state index contributed by atoms with van der Waals surface area (Å²) in [5.41, 5.74) is 10.3. The lowest BCUT2D eigenvalue weighted by molar-refractivity contribution is -0.129. The molecule has 1 aliphatic rings. The lowest BCUT2D eigenvalue weighted by Gasteiger charge is -2.21. The van der Waals surface area contributed by atoms with Gasteiger partial charge in [-0.1, -0.05) is 34.5 Å². The summed E-state index contributed by atoms with van der Waals surface area (Å²) in [5.74, 6) is -0.876. The highest BCUT2D eigenvalue weighted by Crippen LogP contribution is 2.53. The third-order valence-electron chi connectivity index (χ3n) is 5.12. The highest BCUT2D eigenvalue weighted by Gasteiger charge is 2.28. The summed E-state index contributed by atoms with van der Waals surface area (Å²) in [4.78, 5) is 25.7. The number of rotatable bonds is 5. The van der Waals surface area contributed by atoms with E-state index in [0.29, 0.717) is 43.7 Å². The quantitative estimate of drug-likeness (QED) is 0.357. The zero-order chi connectivity index (χ0) is 24.7. The van der Waals surface area contributed by atoms with E-state index < -0.39 is 5.97 Å². The van der Waals surface area contributed by atoms with E-state index >= 15 is 0 Å². The van der Waals surface area contributed by atoms with E-state index in [0.717, 1.165) is 15.3 Å². The van der Waals surface area contributed by atoms with Crippen LogP contribution in [0.1, 0.15) is 35.9 Å². The number of hydrogen-bond acceptors (Lipinski definition) is 8. The van der Waals surface area contributed by atoms with Gasteiger partial charge in [0.25, 0.3) is 0 Å². The van der Waals surface area contributed by atoms with E-state index in [1.807, 2.05) is 6.07 Å². The smallest absolute Gasteiger partial charge is 0.355 e. The zero-order valence-corrected chi connectivity index (χ0v) is 21.8. The number of halogens is 2. The van der Waals surface area contributed by atoms with Gasteiger partial charge < -0.3 is 15.6 Å². The summed E-state index contributed by atoms with van der Waals surface area (Å²) in [7, 11) is 1.49. The van der Waals surface area contributed by atoms with Crippen LogP contribution in [0, 0.1) is 6.92 Å². The van der Waals surface area contributed by atoms with Crippen molar-refractivity contribution in [2.45, 2.75) is 30.2 Å². The van der Waals surface area contributed by atoms with Crippen LogP contribution in [-0.2, 0) is 4.79 Å². The van der Waals surface area contributed by atoms with E-state index in [1.54, 1.807) is 43.8 Å². The molecule has 34 heavy (non-hydrogen) atoms. The summed E-state index contributed by atoms with van der Waals surface area (Å²) in [5, 5.41) is 11.4. The number of nitrogens with zero attached hydrogens (tertiary/aromatic N) is 3. The summed E-state index contributed by atoms with van der Waals surface area (Å²) in [6.45, 7) is 5.48. The van der Waals surface area contributed by atoms with Crippen molar-refractivity contribution in [1.29, 1.82) is 0 Å². The van der Waals surface area contributed by atoms with Crippen LogP contribution in [0.15, 0.2) is 39.2 Å². The van der Waals surface area contributed by atoms with Gasteiger partial charge in [-0.15, -0.1) is 11.8 Å². The topological polar surface area (TPSA) is 111 Å². The van der Waals surface area contributed by atoms with Crippen LogP contribution in [0.25, 0.3) is 16.8 Å². The van der Waals surface area contributed by atoms with Crippen LogP contribution in [0.5, 0.6) is 5.88 Å². The SMILES string of the molecule is COc1cc(C(C(=Nc2nc3c(s2)SC(C)c2cc(Cl)c(Cl)cc2-3)C(=O)O)=C(C)N)cc(C)n1. The standard InChI is InChI=1S/C23H20Cl2N4O3S2/c1-9-5-12(6-17(27-9)32-4)18(10(2)26)20(21(30)31)29-23-28-19-14-8-16(25)15(24)7-13(14)11(3)33-22(19)34-23/h5-8,11H,26H2,1-4H3,(H,30,31). The molecule has 0 fully saturated rings. The Morgan fingerprint density at radius 1 is 1.21 bits per heavy atom. The molecule has 0 saturated heterocycles. The number of aliphatic carboxylic acids is 1. The fourth-order valence-electron chi connectivity index (χ4n) is 3.67. The van der Waals surface area contributed by atoms with Gasteiger partial charge in [-0.2, -0.15) is 0 Å². The highest BCUT2D eigenvalue weighted by atomic mass is 35.5. The molecule has 176 valence electrons. The molecule has 7 nitrogen and oxygen atoms in total. The highest BCUT2D eigenvalue weighted by molar-refractivity contribution is 8.01. The first-order valence-electron chi connectivity index (χ1n) is 10.1. The number of ether oxygens (including phenoxy) is 1. The Bertz CT molecular complexity index is 1380. The Balaban J connectivity index is 1.86. The van der Waals surface area contributed by atoms with Gasteiger partial charge in [0.1, 0.15) is 0 Å². The third-order valence-corrected chi connectivity index (χ3v) is 8.14. The summed E-state index contributed by atoms with van der Waals surface area (Å²) in [6.07, 6.45) is 0. The van der Waals surface area contributed by atoms with Gasteiger partial charge in [-0.3, -0.25) is 0 Å². The number of carboxylic acids is 1. The monoisotopic (exact) mass is 534 g/mol. The largest absolute Gasteiger partial charge is 0.481 e. The second-order valence-corrected chi connectivity index (χ2v) is 11.0. The Morgan fingerprint density at radius 2 is 1.91 bits per heavy atom. The number of carboxylic acid groups (broad SMARTS) is 1. The number of carbonyl (C=O) groups is 1. The third kappa shape index (κ3) is 4.65. The first-order chi connectivity index (χ1) is 16.1. The molecule has 4 rings (SSSR count). The van der Waals surface area contributed by atoms with Crippen LogP contribution < -0.4 is 10.5 Å². The van der Waals surface area contributed by atoms with Crippen LogP contribution >= 0.6 is 46.3 Å². The molecule has 3 N–H and O–H groups in total. The molecule has 1 atom stereocenters. The zero-order valence-electron chi connectivity index (χ0n) is 18.6. The second-order valence-electron chi connectivity index (χ2n) is 7.61. The molecule has 0 aliphatic carbocycles. The normalized spacial score (nSPS) is 15.9. The number of methoxy groups -OCH3 is 1. The molecular formula is C23H20Cl2N4O3S2. The van der Waals surface area contributed by atoms with Crippen LogP contribution in [0.4, 0.5) is 5.13 Å². The molecule has 1 aromatic carbocycles. The van der Waals surface area contributed by atoms with Crippen molar-refractivity contribution in [1.82, 2.24) is 9.97 Å². The van der Waals surface area contributed by atoms with Crippen molar-refractivity contribution >= 4 is 68.7 Å². The number of allylic oxidation sites excluding steroid dienone is 1. The molecule has 3 heterocycles. The van der Waals surface area contributed by atoms with E-state index in [-0.39, 0.29) is 16.5 Å². The fourth-order valence-corrected chi connectivity index (χ4v) is 6.45.